The van der Waals surface area contributed by atoms with Crippen molar-refractivity contribution in [3.05, 3.63) is 45.3 Å². The number of aryl methyl sites for hydroxylation is 1. The van der Waals surface area contributed by atoms with Crippen LogP contribution < -0.4 is 10.9 Å². The Morgan fingerprint density at radius 2 is 2.24 bits per heavy atom. The summed E-state index contributed by atoms with van der Waals surface area (Å²) in [5.41, 5.74) is 1.30. The predicted molar refractivity (Wildman–Crippen MR) is 83.2 cm³/mol. The first-order valence-corrected chi connectivity index (χ1v) is 7.19. The molecule has 1 aromatic carbocycles. The highest BCUT2D eigenvalue weighted by Gasteiger charge is 2.08. The lowest BCUT2D eigenvalue weighted by Crippen LogP contribution is -2.27. The third-order valence-corrected chi connectivity index (χ3v) is 3.59. The van der Waals surface area contributed by atoms with Crippen molar-refractivity contribution in [2.24, 2.45) is 7.05 Å². The molecule has 0 bridgehead atoms. The smallest absolute Gasteiger partial charge is 0.280 e. The maximum absolute atomic E-state index is 12.2. The Morgan fingerprint density at radius 1 is 1.38 bits per heavy atom. The summed E-state index contributed by atoms with van der Waals surface area (Å²) in [4.78, 5) is 12.2. The van der Waals surface area contributed by atoms with Gasteiger partial charge in [0.2, 0.25) is 0 Å². The number of anilines is 1. The van der Waals surface area contributed by atoms with Gasteiger partial charge < -0.3 is 5.32 Å². The number of benzene rings is 1. The van der Waals surface area contributed by atoms with Gasteiger partial charge >= 0.3 is 0 Å². The third kappa shape index (κ3) is 2.80. The monoisotopic (exact) mass is 348 g/mol. The van der Waals surface area contributed by atoms with Gasteiger partial charge in [-0.1, -0.05) is 27.2 Å². The number of nitrogens with one attached hydrogen (secondary N) is 1. The van der Waals surface area contributed by atoms with Crippen LogP contribution >= 0.6 is 15.9 Å². The first kappa shape index (κ1) is 13.7. The standard InChI is InChI=1S/C13H13BrN6O/c1-19-12-11(8-16-19)13(21)20(18-17-12)6-5-15-10-4-2-3-9(14)7-10/h2-4,7-8,15H,5-6H2,1H3. The van der Waals surface area contributed by atoms with Crippen molar-refractivity contribution in [3.63, 3.8) is 0 Å². The SMILES string of the molecule is Cn1ncc2c(=O)n(CCNc3cccc(Br)c3)nnc21. The molecule has 7 nitrogen and oxygen atoms in total. The Hall–Kier alpha value is -2.22. The highest BCUT2D eigenvalue weighted by atomic mass is 79.9. The number of hydrogen-bond acceptors (Lipinski definition) is 5. The van der Waals surface area contributed by atoms with Crippen LogP contribution in [0.1, 0.15) is 0 Å². The summed E-state index contributed by atoms with van der Waals surface area (Å²) in [6, 6.07) is 7.83. The van der Waals surface area contributed by atoms with Crippen LogP contribution in [-0.4, -0.2) is 31.3 Å². The lowest BCUT2D eigenvalue weighted by molar-refractivity contribution is 0.563. The summed E-state index contributed by atoms with van der Waals surface area (Å²) >= 11 is 3.41. The van der Waals surface area contributed by atoms with Gasteiger partial charge in [0.05, 0.1) is 12.7 Å². The Morgan fingerprint density at radius 3 is 3.05 bits per heavy atom. The minimum atomic E-state index is -0.177. The average Bonchev–Trinajstić information content (AvgIpc) is 2.84. The fourth-order valence-electron chi connectivity index (χ4n) is 2.03. The van der Waals surface area contributed by atoms with Crippen LogP contribution in [-0.2, 0) is 13.6 Å². The van der Waals surface area contributed by atoms with Gasteiger partial charge in [-0.05, 0) is 18.2 Å². The zero-order chi connectivity index (χ0) is 14.8. The van der Waals surface area contributed by atoms with E-state index in [9.17, 15) is 4.79 Å². The van der Waals surface area contributed by atoms with Crippen molar-refractivity contribution in [2.45, 2.75) is 6.54 Å². The highest BCUT2D eigenvalue weighted by Crippen LogP contribution is 2.15. The molecule has 2 aromatic heterocycles. The molecule has 0 radical (unpaired) electrons. The van der Waals surface area contributed by atoms with E-state index in [0.29, 0.717) is 24.1 Å². The summed E-state index contributed by atoms with van der Waals surface area (Å²) in [6.45, 7) is 1.01. The minimum Gasteiger partial charge on any atom is -0.383 e. The Kier molecular flexibility index (Phi) is 3.70. The van der Waals surface area contributed by atoms with E-state index < -0.39 is 0 Å². The minimum absolute atomic E-state index is 0.177. The van der Waals surface area contributed by atoms with Crippen LogP contribution in [0.5, 0.6) is 0 Å². The van der Waals surface area contributed by atoms with Gasteiger partial charge in [-0.25, -0.2) is 9.36 Å². The lowest BCUT2D eigenvalue weighted by Gasteiger charge is -2.07. The average molecular weight is 349 g/mol. The van der Waals surface area contributed by atoms with Gasteiger partial charge in [-0.2, -0.15) is 5.10 Å². The van der Waals surface area contributed by atoms with E-state index in [1.165, 1.54) is 15.6 Å². The molecule has 0 fully saturated rings. The summed E-state index contributed by atoms with van der Waals surface area (Å²) < 4.78 is 3.88. The van der Waals surface area contributed by atoms with Crippen molar-refractivity contribution >= 4 is 32.7 Å². The van der Waals surface area contributed by atoms with Crippen molar-refractivity contribution in [3.8, 4) is 0 Å². The molecule has 21 heavy (non-hydrogen) atoms. The van der Waals surface area contributed by atoms with E-state index in [1.807, 2.05) is 24.3 Å². The maximum Gasteiger partial charge on any atom is 0.280 e. The molecule has 0 aliphatic heterocycles. The normalized spacial score (nSPS) is 11.0. The van der Waals surface area contributed by atoms with Crippen LogP contribution in [0.15, 0.2) is 39.7 Å². The molecule has 2 heterocycles. The van der Waals surface area contributed by atoms with Crippen molar-refractivity contribution in [1.29, 1.82) is 0 Å². The molecule has 0 aliphatic carbocycles. The van der Waals surface area contributed by atoms with Gasteiger partial charge in [0.1, 0.15) is 5.39 Å². The molecular weight excluding hydrogens is 336 g/mol. The number of fused-ring (bicyclic) bond motifs is 1. The highest BCUT2D eigenvalue weighted by molar-refractivity contribution is 9.10. The van der Waals surface area contributed by atoms with E-state index in [4.69, 9.17) is 0 Å². The second-order valence-electron chi connectivity index (χ2n) is 4.56. The summed E-state index contributed by atoms with van der Waals surface area (Å²) in [7, 11) is 1.73. The van der Waals surface area contributed by atoms with Crippen molar-refractivity contribution in [1.82, 2.24) is 24.8 Å². The molecule has 0 spiro atoms. The predicted octanol–water partition coefficient (Wildman–Crippen LogP) is 1.40. The second-order valence-corrected chi connectivity index (χ2v) is 5.48. The molecular formula is C13H13BrN6O. The molecule has 0 aliphatic rings. The molecule has 8 heteroatoms. The van der Waals surface area contributed by atoms with Gasteiger partial charge in [-0.15, -0.1) is 5.10 Å². The van der Waals surface area contributed by atoms with E-state index >= 15 is 0 Å². The first-order chi connectivity index (χ1) is 10.1. The zero-order valence-corrected chi connectivity index (χ0v) is 12.9. The van der Waals surface area contributed by atoms with E-state index in [0.717, 1.165) is 10.2 Å². The first-order valence-electron chi connectivity index (χ1n) is 6.40. The lowest BCUT2D eigenvalue weighted by atomic mass is 10.3. The van der Waals surface area contributed by atoms with Gasteiger partial charge in [-0.3, -0.25) is 4.79 Å². The molecule has 0 atom stereocenters. The Bertz CT molecular complexity index is 840. The fourth-order valence-corrected chi connectivity index (χ4v) is 2.43. The molecule has 0 amide bonds. The molecule has 0 saturated heterocycles. The van der Waals surface area contributed by atoms with Crippen LogP contribution in [0.3, 0.4) is 0 Å². The number of rotatable bonds is 4. The van der Waals surface area contributed by atoms with E-state index in [-0.39, 0.29) is 5.56 Å². The molecule has 0 saturated carbocycles. The van der Waals surface area contributed by atoms with E-state index in [2.05, 4.69) is 36.7 Å². The Balaban J connectivity index is 1.74. The molecule has 1 N–H and O–H groups in total. The van der Waals surface area contributed by atoms with Crippen LogP contribution in [0, 0.1) is 0 Å². The van der Waals surface area contributed by atoms with Crippen LogP contribution in [0.2, 0.25) is 0 Å². The third-order valence-electron chi connectivity index (χ3n) is 3.10. The quantitative estimate of drug-likeness (QED) is 0.771. The number of hydrogen-bond donors (Lipinski definition) is 1. The van der Waals surface area contributed by atoms with Crippen LogP contribution in [0.4, 0.5) is 5.69 Å². The van der Waals surface area contributed by atoms with Gasteiger partial charge in [0, 0.05) is 23.8 Å². The Labute approximate surface area is 128 Å². The maximum atomic E-state index is 12.2. The summed E-state index contributed by atoms with van der Waals surface area (Å²) in [5, 5.41) is 15.7. The number of nitrogens with zero attached hydrogens (tertiary/aromatic N) is 5. The van der Waals surface area contributed by atoms with Gasteiger partial charge in [0.25, 0.3) is 5.56 Å². The van der Waals surface area contributed by atoms with Gasteiger partial charge in [0.15, 0.2) is 5.65 Å². The second kappa shape index (κ2) is 5.65. The van der Waals surface area contributed by atoms with Crippen LogP contribution in [0.25, 0.3) is 11.0 Å². The van der Waals surface area contributed by atoms with E-state index in [1.54, 1.807) is 7.05 Å². The summed E-state index contributed by atoms with van der Waals surface area (Å²) in [6.07, 6.45) is 1.52. The molecule has 108 valence electrons. The molecule has 3 aromatic rings. The zero-order valence-electron chi connectivity index (χ0n) is 11.3. The fraction of sp³-hybridized carbons (Fsp3) is 0.231. The van der Waals surface area contributed by atoms with Crippen molar-refractivity contribution in [2.75, 3.05) is 11.9 Å². The molecule has 0 unspecified atom stereocenters. The van der Waals surface area contributed by atoms with Crippen molar-refractivity contribution < 1.29 is 0 Å². The topological polar surface area (TPSA) is 77.6 Å². The number of halogens is 1. The molecule has 3 rings (SSSR count). The summed E-state index contributed by atoms with van der Waals surface area (Å²) in [5.74, 6) is 0. The number of aromatic nitrogens is 5. The largest absolute Gasteiger partial charge is 0.383 e.